The van der Waals surface area contributed by atoms with Gasteiger partial charge in [-0.15, -0.1) is 0 Å². The average Bonchev–Trinajstić information content (AvgIpc) is 2.42. The van der Waals surface area contributed by atoms with Crippen LogP contribution in [0, 0.1) is 0 Å². The molecule has 10 heteroatoms. The number of azide groups is 2. The van der Waals surface area contributed by atoms with Crippen molar-refractivity contribution < 1.29 is 10.2 Å². The summed E-state index contributed by atoms with van der Waals surface area (Å²) in [5.41, 5.74) is 14.8. The minimum atomic E-state index is -1.14. The molecule has 0 saturated heterocycles. The first kappa shape index (κ1) is 18.1. The maximum absolute atomic E-state index is 8.82. The van der Waals surface area contributed by atoms with Crippen molar-refractivity contribution in [3.8, 4) is 0 Å². The summed E-state index contributed by atoms with van der Waals surface area (Å²) in [6, 6.07) is 0. The lowest BCUT2D eigenvalue weighted by atomic mass is 10.1. The molecular weight excluding hydrogens is 264 g/mol. The summed E-state index contributed by atoms with van der Waals surface area (Å²) < 4.78 is 0. The Labute approximate surface area is 116 Å². The fourth-order valence-corrected chi connectivity index (χ4v) is 1.48. The van der Waals surface area contributed by atoms with E-state index < -0.39 is 11.3 Å². The molecule has 112 valence electrons. The maximum Gasteiger partial charge on any atom is 0.157 e. The Kier molecular flexibility index (Phi) is 8.26. The molecular formula is C10H20N8O2. The normalized spacial score (nSPS) is 16.8. The zero-order valence-electron chi connectivity index (χ0n) is 11.7. The van der Waals surface area contributed by atoms with Gasteiger partial charge in [-0.2, -0.15) is 10.2 Å². The summed E-state index contributed by atoms with van der Waals surface area (Å²) in [4.78, 5) is 5.43. The van der Waals surface area contributed by atoms with E-state index in [1.807, 2.05) is 0 Å². The number of aliphatic hydroxyl groups is 2. The monoisotopic (exact) mass is 284 g/mol. The van der Waals surface area contributed by atoms with Gasteiger partial charge in [0.05, 0.1) is 0 Å². The van der Waals surface area contributed by atoms with Crippen LogP contribution in [-0.4, -0.2) is 34.8 Å². The molecule has 0 heterocycles. The van der Waals surface area contributed by atoms with Gasteiger partial charge in [0.2, 0.25) is 0 Å². The van der Waals surface area contributed by atoms with Crippen LogP contribution < -0.4 is 0 Å². The van der Waals surface area contributed by atoms with Gasteiger partial charge in [-0.05, 0) is 50.6 Å². The average molecular weight is 284 g/mol. The molecule has 0 aliphatic rings. The van der Waals surface area contributed by atoms with Gasteiger partial charge >= 0.3 is 0 Å². The van der Waals surface area contributed by atoms with E-state index in [1.165, 1.54) is 0 Å². The molecule has 0 aliphatic heterocycles. The summed E-state index contributed by atoms with van der Waals surface area (Å²) >= 11 is 0. The van der Waals surface area contributed by atoms with Gasteiger partial charge in [0.25, 0.3) is 0 Å². The minimum absolute atomic E-state index is 0.0514. The molecule has 0 aliphatic carbocycles. The van der Waals surface area contributed by atoms with E-state index in [0.29, 0.717) is 25.7 Å². The maximum atomic E-state index is 8.82. The molecule has 0 radical (unpaired) electrons. The van der Waals surface area contributed by atoms with E-state index in [-0.39, 0.29) is 13.2 Å². The van der Waals surface area contributed by atoms with E-state index in [4.69, 9.17) is 21.3 Å². The molecule has 0 aromatic rings. The molecule has 2 atom stereocenters. The minimum Gasteiger partial charge on any atom is -0.396 e. The molecule has 10 nitrogen and oxygen atoms in total. The van der Waals surface area contributed by atoms with E-state index >= 15 is 0 Å². The predicted molar refractivity (Wildman–Crippen MR) is 72.6 cm³/mol. The molecule has 20 heavy (non-hydrogen) atoms. The van der Waals surface area contributed by atoms with Gasteiger partial charge in [0.15, 0.2) is 11.3 Å². The van der Waals surface area contributed by atoms with Crippen LogP contribution in [0.1, 0.15) is 39.5 Å². The molecule has 0 bridgehead atoms. The van der Waals surface area contributed by atoms with Crippen molar-refractivity contribution in [3.05, 3.63) is 20.9 Å². The second kappa shape index (κ2) is 9.11. The molecule has 0 rings (SSSR count). The number of aliphatic hydroxyl groups excluding tert-OH is 2. The topological polar surface area (TPSA) is 163 Å². The van der Waals surface area contributed by atoms with E-state index in [1.54, 1.807) is 13.8 Å². The van der Waals surface area contributed by atoms with Gasteiger partial charge in [0, 0.05) is 23.0 Å². The Morgan fingerprint density at radius 3 is 1.45 bits per heavy atom. The predicted octanol–water partition coefficient (Wildman–Crippen LogP) is 3.04. The van der Waals surface area contributed by atoms with Crippen molar-refractivity contribution in [2.75, 3.05) is 13.2 Å². The van der Waals surface area contributed by atoms with Crippen LogP contribution in [0.3, 0.4) is 0 Å². The van der Waals surface area contributed by atoms with Crippen molar-refractivity contribution in [1.29, 1.82) is 0 Å². The first-order chi connectivity index (χ1) is 9.45. The highest BCUT2D eigenvalue weighted by molar-refractivity contribution is 4.84. The summed E-state index contributed by atoms with van der Waals surface area (Å²) in [7, 11) is 0. The summed E-state index contributed by atoms with van der Waals surface area (Å²) in [5.74, 6) is 0. The molecule has 0 aromatic carbocycles. The molecule has 0 spiro atoms. The lowest BCUT2D eigenvalue weighted by molar-refractivity contribution is 0.252. The molecule has 2 N–H and O–H groups in total. The number of hydrogen-bond donors (Lipinski definition) is 2. The van der Waals surface area contributed by atoms with Gasteiger partial charge < -0.3 is 10.2 Å². The quantitative estimate of drug-likeness (QED) is 0.358. The third-order valence-corrected chi connectivity index (χ3v) is 2.62. The van der Waals surface area contributed by atoms with Gasteiger partial charge in [-0.25, -0.2) is 0 Å². The van der Waals surface area contributed by atoms with Crippen LogP contribution in [-0.2, 0) is 0 Å². The number of rotatable bonds is 10. The van der Waals surface area contributed by atoms with Crippen molar-refractivity contribution >= 4 is 0 Å². The lowest BCUT2D eigenvalue weighted by Gasteiger charge is -2.21. The van der Waals surface area contributed by atoms with E-state index in [9.17, 15) is 0 Å². The van der Waals surface area contributed by atoms with E-state index in [2.05, 4.69) is 30.3 Å². The lowest BCUT2D eigenvalue weighted by Crippen LogP contribution is -2.23. The van der Waals surface area contributed by atoms with Crippen molar-refractivity contribution in [1.82, 2.24) is 0 Å². The Morgan fingerprint density at radius 2 is 1.20 bits per heavy atom. The molecule has 0 saturated carbocycles. The second-order valence-electron chi connectivity index (χ2n) is 4.67. The summed E-state index contributed by atoms with van der Waals surface area (Å²) in [6.07, 6.45) is 1.46. The van der Waals surface area contributed by atoms with Gasteiger partial charge in [0.1, 0.15) is 0 Å². The second-order valence-corrected chi connectivity index (χ2v) is 4.67. The van der Waals surface area contributed by atoms with Crippen molar-refractivity contribution in [2.45, 2.75) is 50.9 Å². The van der Waals surface area contributed by atoms with Crippen LogP contribution in [0.2, 0.25) is 0 Å². The fraction of sp³-hybridized carbons (Fsp3) is 1.00. The van der Waals surface area contributed by atoms with Crippen LogP contribution in [0.5, 0.6) is 0 Å². The number of azo groups is 1. The van der Waals surface area contributed by atoms with Crippen LogP contribution in [0.15, 0.2) is 20.5 Å². The van der Waals surface area contributed by atoms with E-state index in [0.717, 1.165) is 0 Å². The summed E-state index contributed by atoms with van der Waals surface area (Å²) in [5, 5.41) is 32.7. The Hall–Kier alpha value is -1.86. The van der Waals surface area contributed by atoms with Crippen LogP contribution in [0.25, 0.3) is 20.9 Å². The van der Waals surface area contributed by atoms with Gasteiger partial charge in [-0.1, -0.05) is 10.2 Å². The molecule has 2 unspecified atom stereocenters. The highest BCUT2D eigenvalue weighted by atomic mass is 16.3. The number of hydrogen-bond acceptors (Lipinski definition) is 6. The van der Waals surface area contributed by atoms with Crippen LogP contribution >= 0.6 is 0 Å². The first-order valence-electron chi connectivity index (χ1n) is 6.23. The SMILES string of the molecule is CC(CCCO)(N=NC(C)(CCCO)N=[N+]=[N-])N=[N+]=[N-]. The Morgan fingerprint density at radius 1 is 0.850 bits per heavy atom. The molecule has 0 aromatic heterocycles. The van der Waals surface area contributed by atoms with Crippen LogP contribution in [0.4, 0.5) is 0 Å². The summed E-state index contributed by atoms with van der Waals surface area (Å²) in [6.45, 7) is 3.05. The van der Waals surface area contributed by atoms with Crippen molar-refractivity contribution in [2.24, 2.45) is 20.5 Å². The molecule has 0 amide bonds. The highest BCUT2D eigenvalue weighted by Crippen LogP contribution is 2.26. The standard InChI is InChI=1S/C10H20N8O2/c1-9(15-17-11,5-3-7-19)13-14-10(2,16-18-12)6-4-8-20/h19-20H,3-8H2,1-2H3. The third kappa shape index (κ3) is 6.91. The fourth-order valence-electron chi connectivity index (χ4n) is 1.48. The Balaban J connectivity index is 5.12. The van der Waals surface area contributed by atoms with Crippen molar-refractivity contribution in [3.63, 3.8) is 0 Å². The number of nitrogens with zero attached hydrogens (tertiary/aromatic N) is 8. The third-order valence-electron chi connectivity index (χ3n) is 2.62. The zero-order valence-corrected chi connectivity index (χ0v) is 11.7. The first-order valence-corrected chi connectivity index (χ1v) is 6.23. The smallest absolute Gasteiger partial charge is 0.157 e. The zero-order chi connectivity index (χ0) is 15.5. The Bertz CT molecular complexity index is 377. The largest absolute Gasteiger partial charge is 0.396 e. The highest BCUT2D eigenvalue weighted by Gasteiger charge is 2.26. The van der Waals surface area contributed by atoms with Gasteiger partial charge in [-0.3, -0.25) is 0 Å². The molecule has 0 fully saturated rings.